The van der Waals surface area contributed by atoms with E-state index in [1.165, 1.54) is 0 Å². The number of rotatable bonds is 5. The van der Waals surface area contributed by atoms with Crippen LogP contribution in [0.25, 0.3) is 5.69 Å². The minimum absolute atomic E-state index is 0.0657. The molecule has 0 saturated heterocycles. The molecule has 1 amide bonds. The van der Waals surface area contributed by atoms with Crippen molar-refractivity contribution in [3.8, 4) is 5.69 Å². The van der Waals surface area contributed by atoms with Crippen molar-refractivity contribution >= 4 is 11.9 Å². The molecule has 6 nitrogen and oxygen atoms in total. The fourth-order valence-electron chi connectivity index (χ4n) is 3.07. The molecule has 3 rings (SSSR count). The highest BCUT2D eigenvalue weighted by Crippen LogP contribution is 2.31. The molecule has 0 aliphatic heterocycles. The number of carbonyl (C=O) groups excluding carboxylic acids is 1. The summed E-state index contributed by atoms with van der Waals surface area (Å²) in [6.45, 7) is 0.406. The van der Waals surface area contributed by atoms with Gasteiger partial charge < -0.3 is 10.4 Å². The fraction of sp³-hybridized carbons (Fsp3) is 0.353. The van der Waals surface area contributed by atoms with Gasteiger partial charge in [-0.3, -0.25) is 9.59 Å². The second-order valence-electron chi connectivity index (χ2n) is 5.84. The summed E-state index contributed by atoms with van der Waals surface area (Å²) in [7, 11) is 0. The summed E-state index contributed by atoms with van der Waals surface area (Å²) in [5.41, 5.74) is 1.89. The molecule has 1 aromatic heterocycles. The number of carboxylic acid groups (broad SMARTS) is 1. The van der Waals surface area contributed by atoms with Crippen LogP contribution >= 0.6 is 0 Å². The minimum atomic E-state index is -0.802. The molecule has 1 heterocycles. The zero-order chi connectivity index (χ0) is 16.2. The molecule has 120 valence electrons. The van der Waals surface area contributed by atoms with Crippen LogP contribution in [0.4, 0.5) is 0 Å². The molecule has 23 heavy (non-hydrogen) atoms. The lowest BCUT2D eigenvalue weighted by Crippen LogP contribution is -2.29. The van der Waals surface area contributed by atoms with Crippen LogP contribution < -0.4 is 5.32 Å². The van der Waals surface area contributed by atoms with Gasteiger partial charge in [0.2, 0.25) is 5.91 Å². The van der Waals surface area contributed by atoms with E-state index in [1.807, 2.05) is 36.5 Å². The first-order valence-corrected chi connectivity index (χ1v) is 7.73. The molecule has 2 aromatic rings. The molecular weight excluding hydrogens is 294 g/mol. The number of carbonyl (C=O) groups is 2. The predicted molar refractivity (Wildman–Crippen MR) is 83.9 cm³/mol. The first-order valence-electron chi connectivity index (χ1n) is 7.73. The molecule has 1 aromatic carbocycles. The van der Waals surface area contributed by atoms with Gasteiger partial charge in [0, 0.05) is 24.9 Å². The Balaban J connectivity index is 1.63. The molecule has 6 heteroatoms. The second-order valence-corrected chi connectivity index (χ2v) is 5.84. The van der Waals surface area contributed by atoms with Gasteiger partial charge in [0.25, 0.3) is 0 Å². The van der Waals surface area contributed by atoms with E-state index in [1.54, 1.807) is 10.9 Å². The van der Waals surface area contributed by atoms with Crippen LogP contribution in [0.5, 0.6) is 0 Å². The van der Waals surface area contributed by atoms with Gasteiger partial charge in [-0.15, -0.1) is 0 Å². The third kappa shape index (κ3) is 3.41. The van der Waals surface area contributed by atoms with Crippen LogP contribution in [0, 0.1) is 11.8 Å². The van der Waals surface area contributed by atoms with Gasteiger partial charge in [-0.05, 0) is 37.0 Å². The standard InChI is InChI=1S/C17H19N3O3/c21-16(12-6-7-13(10-12)17(22)23)18-11-14-4-1-2-5-15(14)20-9-3-8-19-20/h1-5,8-9,12-13H,6-7,10-11H2,(H,18,21)(H,22,23)/t12-,13+/m0/s1. The van der Waals surface area contributed by atoms with Crippen LogP contribution in [-0.2, 0) is 16.1 Å². The summed E-state index contributed by atoms with van der Waals surface area (Å²) in [4.78, 5) is 23.2. The number of hydrogen-bond acceptors (Lipinski definition) is 3. The quantitative estimate of drug-likeness (QED) is 0.884. The van der Waals surface area contributed by atoms with Gasteiger partial charge in [-0.2, -0.15) is 5.10 Å². The number of nitrogens with one attached hydrogen (secondary N) is 1. The summed E-state index contributed by atoms with van der Waals surface area (Å²) in [5.74, 6) is -1.46. The van der Waals surface area contributed by atoms with Crippen LogP contribution in [0.3, 0.4) is 0 Å². The smallest absolute Gasteiger partial charge is 0.306 e. The number of aliphatic carboxylic acids is 1. The Hall–Kier alpha value is -2.63. The molecule has 0 bridgehead atoms. The van der Waals surface area contributed by atoms with Gasteiger partial charge in [-0.1, -0.05) is 18.2 Å². The normalized spacial score (nSPS) is 20.3. The SMILES string of the molecule is O=C(O)[C@@H]1CC[C@H](C(=O)NCc2ccccc2-n2cccn2)C1. The Morgan fingerprint density at radius 1 is 1.22 bits per heavy atom. The number of para-hydroxylation sites is 1. The molecule has 0 unspecified atom stereocenters. The molecule has 0 radical (unpaired) electrons. The summed E-state index contributed by atoms with van der Waals surface area (Å²) >= 11 is 0. The first kappa shape index (κ1) is 15.3. The van der Waals surface area contributed by atoms with Crippen molar-refractivity contribution in [3.05, 3.63) is 48.3 Å². The number of carboxylic acids is 1. The monoisotopic (exact) mass is 313 g/mol. The Kier molecular flexibility index (Phi) is 4.41. The average molecular weight is 313 g/mol. The maximum Gasteiger partial charge on any atom is 0.306 e. The Morgan fingerprint density at radius 2 is 2.00 bits per heavy atom. The second kappa shape index (κ2) is 6.64. The fourth-order valence-corrected chi connectivity index (χ4v) is 3.07. The Bertz CT molecular complexity index is 697. The van der Waals surface area contributed by atoms with Gasteiger partial charge in [0.1, 0.15) is 0 Å². The largest absolute Gasteiger partial charge is 0.481 e. The lowest BCUT2D eigenvalue weighted by Gasteiger charge is -2.13. The highest BCUT2D eigenvalue weighted by molar-refractivity contribution is 5.80. The van der Waals surface area contributed by atoms with E-state index in [4.69, 9.17) is 5.11 Å². The minimum Gasteiger partial charge on any atom is -0.481 e. The highest BCUT2D eigenvalue weighted by atomic mass is 16.4. The lowest BCUT2D eigenvalue weighted by atomic mass is 10.0. The van der Waals surface area contributed by atoms with E-state index in [-0.39, 0.29) is 17.7 Å². The van der Waals surface area contributed by atoms with E-state index in [0.29, 0.717) is 25.8 Å². The van der Waals surface area contributed by atoms with Crippen LogP contribution in [0.2, 0.25) is 0 Å². The topological polar surface area (TPSA) is 84.2 Å². The van der Waals surface area contributed by atoms with E-state index < -0.39 is 5.97 Å². The lowest BCUT2D eigenvalue weighted by molar-refractivity contribution is -0.141. The van der Waals surface area contributed by atoms with E-state index >= 15 is 0 Å². The number of benzene rings is 1. The van der Waals surface area contributed by atoms with Crippen molar-refractivity contribution in [3.63, 3.8) is 0 Å². The van der Waals surface area contributed by atoms with Gasteiger partial charge >= 0.3 is 5.97 Å². The third-order valence-electron chi connectivity index (χ3n) is 4.35. The summed E-state index contributed by atoms with van der Waals surface area (Å²) < 4.78 is 1.76. The van der Waals surface area contributed by atoms with Gasteiger partial charge in [0.15, 0.2) is 0 Å². The zero-order valence-corrected chi connectivity index (χ0v) is 12.7. The highest BCUT2D eigenvalue weighted by Gasteiger charge is 2.33. The third-order valence-corrected chi connectivity index (χ3v) is 4.35. The van der Waals surface area contributed by atoms with Crippen molar-refractivity contribution in [2.24, 2.45) is 11.8 Å². The molecule has 1 aliphatic carbocycles. The van der Waals surface area contributed by atoms with E-state index in [2.05, 4.69) is 10.4 Å². The van der Waals surface area contributed by atoms with Crippen LogP contribution in [0.1, 0.15) is 24.8 Å². The number of aromatic nitrogens is 2. The first-order chi connectivity index (χ1) is 11.1. The molecular formula is C17H19N3O3. The number of hydrogen-bond donors (Lipinski definition) is 2. The summed E-state index contributed by atoms with van der Waals surface area (Å²) in [5, 5.41) is 16.2. The van der Waals surface area contributed by atoms with Crippen molar-refractivity contribution in [2.45, 2.75) is 25.8 Å². The maximum absolute atomic E-state index is 12.3. The van der Waals surface area contributed by atoms with Crippen LogP contribution in [-0.4, -0.2) is 26.8 Å². The van der Waals surface area contributed by atoms with Gasteiger partial charge in [-0.25, -0.2) is 4.68 Å². The average Bonchev–Trinajstić information content (AvgIpc) is 3.24. The molecule has 1 aliphatic rings. The van der Waals surface area contributed by atoms with E-state index in [9.17, 15) is 9.59 Å². The molecule has 1 fully saturated rings. The summed E-state index contributed by atoms with van der Waals surface area (Å²) in [6, 6.07) is 9.59. The molecule has 2 N–H and O–H groups in total. The van der Waals surface area contributed by atoms with Crippen molar-refractivity contribution in [2.75, 3.05) is 0 Å². The number of amides is 1. The van der Waals surface area contributed by atoms with Crippen LogP contribution in [0.15, 0.2) is 42.7 Å². The summed E-state index contributed by atoms with van der Waals surface area (Å²) in [6.07, 6.45) is 5.22. The van der Waals surface area contributed by atoms with Crippen molar-refractivity contribution in [1.29, 1.82) is 0 Å². The predicted octanol–water partition coefficient (Wildman–Crippen LogP) is 1.99. The Morgan fingerprint density at radius 3 is 2.70 bits per heavy atom. The Labute approximate surface area is 134 Å². The van der Waals surface area contributed by atoms with Crippen molar-refractivity contribution in [1.82, 2.24) is 15.1 Å². The maximum atomic E-state index is 12.3. The zero-order valence-electron chi connectivity index (χ0n) is 12.7. The van der Waals surface area contributed by atoms with E-state index in [0.717, 1.165) is 11.3 Å². The van der Waals surface area contributed by atoms with Gasteiger partial charge in [0.05, 0.1) is 11.6 Å². The molecule has 2 atom stereocenters. The molecule has 0 spiro atoms. The number of nitrogens with zero attached hydrogens (tertiary/aromatic N) is 2. The molecule has 1 saturated carbocycles. The van der Waals surface area contributed by atoms with Crippen molar-refractivity contribution < 1.29 is 14.7 Å².